The van der Waals surface area contributed by atoms with E-state index in [0.29, 0.717) is 0 Å². The van der Waals surface area contributed by atoms with Crippen molar-refractivity contribution in [3.8, 4) is 0 Å². The fraction of sp³-hybridized carbons (Fsp3) is 0.375. The Kier molecular flexibility index (Phi) is 4.73. The number of halogens is 1. The predicted octanol–water partition coefficient (Wildman–Crippen LogP) is 3.79. The maximum absolute atomic E-state index is 6.46. The quantitative estimate of drug-likeness (QED) is 0.928. The van der Waals surface area contributed by atoms with Crippen LogP contribution in [0.25, 0.3) is 0 Å². The largest absolute Gasteiger partial charge is 0.315 e. The van der Waals surface area contributed by atoms with Crippen LogP contribution in [0.1, 0.15) is 22.9 Å². The Balaban J connectivity index is 1.98. The summed E-state index contributed by atoms with van der Waals surface area (Å²) in [6.07, 6.45) is 1.19. The van der Waals surface area contributed by atoms with Crippen molar-refractivity contribution >= 4 is 22.9 Å². The van der Waals surface area contributed by atoms with Crippen molar-refractivity contribution in [2.45, 2.75) is 12.5 Å². The maximum atomic E-state index is 6.46. The average Bonchev–Trinajstić information content (AvgIpc) is 2.85. The van der Waals surface area contributed by atoms with E-state index >= 15 is 0 Å². The first kappa shape index (κ1) is 14.1. The molecule has 1 aromatic carbocycles. The summed E-state index contributed by atoms with van der Waals surface area (Å²) in [5.74, 6) is 0. The van der Waals surface area contributed by atoms with E-state index in [2.05, 4.69) is 39.9 Å². The highest BCUT2D eigenvalue weighted by Gasteiger charge is 2.25. The molecule has 0 amide bonds. The summed E-state index contributed by atoms with van der Waals surface area (Å²) in [5.41, 5.74) is 1.22. The Morgan fingerprint density at radius 1 is 1.10 bits per heavy atom. The first-order chi connectivity index (χ1) is 9.86. The van der Waals surface area contributed by atoms with Gasteiger partial charge in [-0.2, -0.15) is 0 Å². The molecule has 2 aromatic rings. The fourth-order valence-electron chi connectivity index (χ4n) is 2.80. The molecule has 0 spiro atoms. The van der Waals surface area contributed by atoms with Gasteiger partial charge in [-0.25, -0.2) is 0 Å². The second kappa shape index (κ2) is 6.72. The second-order valence-electron chi connectivity index (χ2n) is 5.08. The number of thiophene rings is 1. The molecule has 1 saturated heterocycles. The molecule has 1 aromatic heterocycles. The minimum Gasteiger partial charge on any atom is -0.315 e. The van der Waals surface area contributed by atoms with Crippen molar-refractivity contribution in [3.05, 3.63) is 57.2 Å². The molecule has 1 aliphatic heterocycles. The van der Waals surface area contributed by atoms with E-state index in [9.17, 15) is 0 Å². The Morgan fingerprint density at radius 2 is 2.00 bits per heavy atom. The Hall–Kier alpha value is -0.870. The summed E-state index contributed by atoms with van der Waals surface area (Å²) in [4.78, 5) is 3.92. The van der Waals surface area contributed by atoms with Gasteiger partial charge in [-0.1, -0.05) is 35.9 Å². The van der Waals surface area contributed by atoms with Gasteiger partial charge < -0.3 is 5.32 Å². The zero-order chi connectivity index (χ0) is 13.8. The molecule has 0 radical (unpaired) electrons. The Bertz CT molecular complexity index is 533. The molecule has 1 aliphatic rings. The van der Waals surface area contributed by atoms with Crippen molar-refractivity contribution in [2.24, 2.45) is 0 Å². The third-order valence-electron chi connectivity index (χ3n) is 3.75. The lowest BCUT2D eigenvalue weighted by Gasteiger charge is -2.30. The molecule has 1 fully saturated rings. The van der Waals surface area contributed by atoms with Gasteiger partial charge in [0.05, 0.1) is 6.04 Å². The molecule has 3 rings (SSSR count). The zero-order valence-electron chi connectivity index (χ0n) is 11.4. The zero-order valence-corrected chi connectivity index (χ0v) is 13.0. The van der Waals surface area contributed by atoms with Crippen LogP contribution in [-0.2, 0) is 0 Å². The van der Waals surface area contributed by atoms with Gasteiger partial charge in [-0.05, 0) is 36.0 Å². The highest BCUT2D eigenvalue weighted by molar-refractivity contribution is 7.10. The number of hydrogen-bond donors (Lipinski definition) is 1. The maximum Gasteiger partial charge on any atom is 0.0711 e. The molecule has 1 N–H and O–H groups in total. The summed E-state index contributed by atoms with van der Waals surface area (Å²) in [7, 11) is 0. The van der Waals surface area contributed by atoms with Gasteiger partial charge in [0.2, 0.25) is 0 Å². The summed E-state index contributed by atoms with van der Waals surface area (Å²) < 4.78 is 0. The first-order valence-corrected chi connectivity index (χ1v) is 8.34. The Morgan fingerprint density at radius 3 is 2.80 bits per heavy atom. The molecule has 0 aliphatic carbocycles. The van der Waals surface area contributed by atoms with Crippen LogP contribution in [0.4, 0.5) is 0 Å². The Labute approximate surface area is 129 Å². The van der Waals surface area contributed by atoms with Crippen LogP contribution in [0, 0.1) is 0 Å². The van der Waals surface area contributed by atoms with Crippen molar-refractivity contribution in [1.29, 1.82) is 0 Å². The molecule has 1 atom stereocenters. The number of hydrogen-bond acceptors (Lipinski definition) is 3. The SMILES string of the molecule is Clc1ccccc1C(c1cccs1)N1CCCNCC1. The second-order valence-corrected chi connectivity index (χ2v) is 6.47. The molecular formula is C16H19ClN2S. The number of nitrogens with zero attached hydrogens (tertiary/aromatic N) is 1. The smallest absolute Gasteiger partial charge is 0.0711 e. The number of rotatable bonds is 3. The normalized spacial score (nSPS) is 18.6. The predicted molar refractivity (Wildman–Crippen MR) is 86.7 cm³/mol. The highest BCUT2D eigenvalue weighted by atomic mass is 35.5. The van der Waals surface area contributed by atoms with E-state index in [1.165, 1.54) is 16.9 Å². The number of benzene rings is 1. The van der Waals surface area contributed by atoms with Crippen molar-refractivity contribution in [1.82, 2.24) is 10.2 Å². The molecular weight excluding hydrogens is 288 g/mol. The topological polar surface area (TPSA) is 15.3 Å². The first-order valence-electron chi connectivity index (χ1n) is 7.09. The summed E-state index contributed by atoms with van der Waals surface area (Å²) in [5, 5.41) is 6.48. The van der Waals surface area contributed by atoms with E-state index in [1.807, 2.05) is 23.5 Å². The van der Waals surface area contributed by atoms with Crippen molar-refractivity contribution < 1.29 is 0 Å². The summed E-state index contributed by atoms with van der Waals surface area (Å²) in [6, 6.07) is 12.9. The van der Waals surface area contributed by atoms with E-state index in [-0.39, 0.29) is 6.04 Å². The molecule has 20 heavy (non-hydrogen) atoms. The van der Waals surface area contributed by atoms with Crippen LogP contribution in [0.15, 0.2) is 41.8 Å². The van der Waals surface area contributed by atoms with Crippen LogP contribution >= 0.6 is 22.9 Å². The standard InChI is InChI=1S/C16H19ClN2S/c17-14-6-2-1-5-13(14)16(15-7-3-12-20-15)19-10-4-8-18-9-11-19/h1-3,5-7,12,16,18H,4,8-11H2. The van der Waals surface area contributed by atoms with Gasteiger partial charge in [-0.15, -0.1) is 11.3 Å². The molecule has 0 saturated carbocycles. The molecule has 4 heteroatoms. The van der Waals surface area contributed by atoms with Gasteiger partial charge in [-0.3, -0.25) is 4.90 Å². The third kappa shape index (κ3) is 3.07. The molecule has 0 bridgehead atoms. The highest BCUT2D eigenvalue weighted by Crippen LogP contribution is 2.35. The lowest BCUT2D eigenvalue weighted by atomic mass is 10.0. The van der Waals surface area contributed by atoms with E-state index in [0.717, 1.165) is 31.2 Å². The van der Waals surface area contributed by atoms with E-state index in [4.69, 9.17) is 11.6 Å². The summed E-state index contributed by atoms with van der Waals surface area (Å²) in [6.45, 7) is 4.33. The summed E-state index contributed by atoms with van der Waals surface area (Å²) >= 11 is 8.27. The van der Waals surface area contributed by atoms with Crippen LogP contribution < -0.4 is 5.32 Å². The lowest BCUT2D eigenvalue weighted by molar-refractivity contribution is 0.244. The van der Waals surface area contributed by atoms with Gasteiger partial charge in [0.1, 0.15) is 0 Å². The lowest BCUT2D eigenvalue weighted by Crippen LogP contribution is -2.32. The van der Waals surface area contributed by atoms with Gasteiger partial charge in [0.25, 0.3) is 0 Å². The van der Waals surface area contributed by atoms with Crippen LogP contribution in [0.5, 0.6) is 0 Å². The van der Waals surface area contributed by atoms with Crippen molar-refractivity contribution in [3.63, 3.8) is 0 Å². The minimum atomic E-state index is 0.281. The molecule has 2 heterocycles. The van der Waals surface area contributed by atoms with Gasteiger partial charge in [0, 0.05) is 29.5 Å². The third-order valence-corrected chi connectivity index (χ3v) is 5.02. The van der Waals surface area contributed by atoms with Crippen LogP contribution in [0.3, 0.4) is 0 Å². The van der Waals surface area contributed by atoms with E-state index in [1.54, 1.807) is 0 Å². The number of nitrogens with one attached hydrogen (secondary N) is 1. The molecule has 106 valence electrons. The average molecular weight is 307 g/mol. The monoisotopic (exact) mass is 306 g/mol. The van der Waals surface area contributed by atoms with Gasteiger partial charge >= 0.3 is 0 Å². The minimum absolute atomic E-state index is 0.281. The molecule has 1 unspecified atom stereocenters. The van der Waals surface area contributed by atoms with Crippen molar-refractivity contribution in [2.75, 3.05) is 26.2 Å². The fourth-order valence-corrected chi connectivity index (χ4v) is 3.91. The van der Waals surface area contributed by atoms with Gasteiger partial charge in [0.15, 0.2) is 0 Å². The van der Waals surface area contributed by atoms with Crippen LogP contribution in [-0.4, -0.2) is 31.1 Å². The van der Waals surface area contributed by atoms with Crippen LogP contribution in [0.2, 0.25) is 5.02 Å². The molecule has 2 nitrogen and oxygen atoms in total. The van der Waals surface area contributed by atoms with E-state index < -0.39 is 0 Å².